The van der Waals surface area contributed by atoms with Crippen LogP contribution in [0.4, 0.5) is 19.1 Å². The van der Waals surface area contributed by atoms with Crippen LogP contribution in [-0.4, -0.2) is 26.1 Å². The molecule has 0 saturated carbocycles. The maximum absolute atomic E-state index is 12.7. The van der Waals surface area contributed by atoms with Gasteiger partial charge in [-0.05, 0) is 30.9 Å². The summed E-state index contributed by atoms with van der Waals surface area (Å²) in [6.45, 7) is 0. The fraction of sp³-hybridized carbons (Fsp3) is 0.250. The average Bonchev–Trinajstić information content (AvgIpc) is 3.20. The van der Waals surface area contributed by atoms with Gasteiger partial charge in [0.15, 0.2) is 0 Å². The monoisotopic (exact) mass is 347 g/mol. The van der Waals surface area contributed by atoms with Crippen LogP contribution in [0.2, 0.25) is 0 Å². The number of H-pyrrole nitrogens is 1. The molecule has 0 aliphatic heterocycles. The minimum absolute atomic E-state index is 0.412. The molecule has 9 heteroatoms. The highest BCUT2D eigenvalue weighted by molar-refractivity contribution is 6.13. The Balaban J connectivity index is 1.74. The molecule has 6 nitrogen and oxygen atoms in total. The van der Waals surface area contributed by atoms with Crippen LogP contribution >= 0.6 is 0 Å². The molecule has 1 aliphatic carbocycles. The van der Waals surface area contributed by atoms with Gasteiger partial charge in [0.05, 0.1) is 11.1 Å². The molecule has 0 radical (unpaired) electrons. The van der Waals surface area contributed by atoms with E-state index in [1.54, 1.807) is 23.3 Å². The van der Waals surface area contributed by atoms with E-state index in [1.807, 2.05) is 6.07 Å². The average molecular weight is 347 g/mol. The number of halogens is 3. The molecular formula is C16H12F3N5O. The number of hydrogen-bond acceptors (Lipinski definition) is 4. The van der Waals surface area contributed by atoms with Crippen LogP contribution in [0.25, 0.3) is 10.9 Å². The third-order valence-corrected chi connectivity index (χ3v) is 4.13. The van der Waals surface area contributed by atoms with Crippen LogP contribution in [0.1, 0.15) is 33.9 Å². The lowest BCUT2D eigenvalue weighted by molar-refractivity contribution is -0.144. The van der Waals surface area contributed by atoms with Gasteiger partial charge in [0.1, 0.15) is 0 Å². The van der Waals surface area contributed by atoms with Gasteiger partial charge in [-0.3, -0.25) is 20.2 Å². The summed E-state index contributed by atoms with van der Waals surface area (Å²) < 4.78 is 37.8. The van der Waals surface area contributed by atoms with Crippen LogP contribution < -0.4 is 5.32 Å². The van der Waals surface area contributed by atoms with Gasteiger partial charge in [-0.15, -0.1) is 5.10 Å². The summed E-state index contributed by atoms with van der Waals surface area (Å²) in [5.74, 6) is -2.21. The molecule has 0 bridgehead atoms. The Kier molecular flexibility index (Phi) is 3.45. The van der Waals surface area contributed by atoms with Crippen LogP contribution in [0.3, 0.4) is 0 Å². The van der Waals surface area contributed by atoms with Crippen molar-refractivity contribution in [1.82, 2.24) is 20.2 Å². The van der Waals surface area contributed by atoms with Crippen LogP contribution in [-0.2, 0) is 19.0 Å². The summed E-state index contributed by atoms with van der Waals surface area (Å²) in [6.07, 6.45) is -2.28. The molecule has 4 rings (SSSR count). The molecule has 2 N–H and O–H groups in total. The largest absolute Gasteiger partial charge is 0.451 e. The van der Waals surface area contributed by atoms with E-state index in [0.717, 1.165) is 24.1 Å². The molecule has 1 aromatic carbocycles. The predicted octanol–water partition coefficient (Wildman–Crippen LogP) is 3.11. The van der Waals surface area contributed by atoms with Crippen molar-refractivity contribution < 1.29 is 18.0 Å². The number of rotatable bonds is 2. The molecular weight excluding hydrogens is 335 g/mol. The zero-order valence-corrected chi connectivity index (χ0v) is 12.8. The van der Waals surface area contributed by atoms with Gasteiger partial charge in [-0.25, -0.2) is 0 Å². The highest BCUT2D eigenvalue weighted by Crippen LogP contribution is 2.31. The van der Waals surface area contributed by atoms with Gasteiger partial charge in [0.25, 0.3) is 5.91 Å². The normalized spacial score (nSPS) is 13.9. The highest BCUT2D eigenvalue weighted by Gasteiger charge is 2.35. The molecule has 1 aliphatic rings. The summed E-state index contributed by atoms with van der Waals surface area (Å²) in [4.78, 5) is 20.6. The predicted molar refractivity (Wildman–Crippen MR) is 83.1 cm³/mol. The Labute approximate surface area is 139 Å². The maximum Gasteiger partial charge on any atom is 0.451 e. The lowest BCUT2D eigenvalue weighted by Gasteiger charge is -2.11. The van der Waals surface area contributed by atoms with E-state index < -0.39 is 23.9 Å². The zero-order chi connectivity index (χ0) is 17.6. The first-order valence-electron chi connectivity index (χ1n) is 7.65. The second-order valence-electron chi connectivity index (χ2n) is 5.74. The highest BCUT2D eigenvalue weighted by atomic mass is 19.4. The first-order valence-corrected chi connectivity index (χ1v) is 7.65. The van der Waals surface area contributed by atoms with Gasteiger partial charge in [0.2, 0.25) is 11.8 Å². The summed E-state index contributed by atoms with van der Waals surface area (Å²) in [5, 5.41) is 8.21. The van der Waals surface area contributed by atoms with E-state index in [1.165, 1.54) is 0 Å². The number of carbonyl (C=O) groups excluding carboxylic acids is 1. The first kappa shape index (κ1) is 15.6. The Morgan fingerprint density at radius 1 is 1.16 bits per heavy atom. The van der Waals surface area contributed by atoms with Gasteiger partial charge in [-0.2, -0.15) is 18.2 Å². The molecule has 0 unspecified atom stereocenters. The molecule has 2 aromatic heterocycles. The Hall–Kier alpha value is -2.97. The van der Waals surface area contributed by atoms with Gasteiger partial charge < -0.3 is 0 Å². The van der Waals surface area contributed by atoms with Gasteiger partial charge >= 0.3 is 6.18 Å². The van der Waals surface area contributed by atoms with Crippen molar-refractivity contribution in [3.05, 3.63) is 46.9 Å². The molecule has 0 spiro atoms. The van der Waals surface area contributed by atoms with Crippen molar-refractivity contribution in [3.8, 4) is 0 Å². The van der Waals surface area contributed by atoms with E-state index in [4.69, 9.17) is 0 Å². The van der Waals surface area contributed by atoms with Crippen molar-refractivity contribution in [3.63, 3.8) is 0 Å². The van der Waals surface area contributed by atoms with E-state index in [9.17, 15) is 18.0 Å². The van der Waals surface area contributed by atoms with Gasteiger partial charge in [-0.1, -0.05) is 18.2 Å². The number of aromatic nitrogens is 4. The summed E-state index contributed by atoms with van der Waals surface area (Å²) in [5.41, 5.74) is 2.80. The second kappa shape index (κ2) is 5.54. The number of fused-ring (bicyclic) bond motifs is 2. The van der Waals surface area contributed by atoms with E-state index in [0.29, 0.717) is 22.9 Å². The Bertz CT molecular complexity index is 980. The maximum atomic E-state index is 12.7. The molecule has 128 valence electrons. The number of carbonyl (C=O) groups is 1. The third kappa shape index (κ3) is 2.71. The van der Waals surface area contributed by atoms with Gasteiger partial charge in [0, 0.05) is 11.1 Å². The summed E-state index contributed by atoms with van der Waals surface area (Å²) >= 11 is 0. The van der Waals surface area contributed by atoms with E-state index in [2.05, 4.69) is 20.4 Å². The number of nitrogens with zero attached hydrogens (tertiary/aromatic N) is 3. The molecule has 0 atom stereocenters. The fourth-order valence-corrected chi connectivity index (χ4v) is 3.08. The second-order valence-corrected chi connectivity index (χ2v) is 5.74. The van der Waals surface area contributed by atoms with Crippen LogP contribution in [0.15, 0.2) is 24.3 Å². The Morgan fingerprint density at radius 2 is 1.96 bits per heavy atom. The lowest BCUT2D eigenvalue weighted by Crippen LogP contribution is -2.17. The SMILES string of the molecule is O=C(Nc1n[nH]c(C(F)(F)F)n1)c1c2c(nc3ccccc13)CCC2. The standard InChI is InChI=1S/C16H12F3N5O/c17-16(18,19)14-22-15(24-23-14)21-13(25)12-8-4-1-2-6-10(8)20-11-7-3-5-9(11)12/h1-2,4,6H,3,5,7H2,(H2,21,22,23,24,25). The van der Waals surface area contributed by atoms with E-state index in [-0.39, 0.29) is 0 Å². The first-order chi connectivity index (χ1) is 11.9. The number of benzene rings is 1. The minimum atomic E-state index is -4.65. The quantitative estimate of drug-likeness (QED) is 0.746. The molecule has 0 fully saturated rings. The number of alkyl halides is 3. The summed E-state index contributed by atoms with van der Waals surface area (Å²) in [6, 6.07) is 7.19. The molecule has 3 aromatic rings. The van der Waals surface area contributed by atoms with Crippen molar-refractivity contribution in [2.75, 3.05) is 5.32 Å². The smallest absolute Gasteiger partial charge is 0.289 e. The van der Waals surface area contributed by atoms with Crippen LogP contribution in [0.5, 0.6) is 0 Å². The van der Waals surface area contributed by atoms with Crippen molar-refractivity contribution in [2.45, 2.75) is 25.4 Å². The summed E-state index contributed by atoms with van der Waals surface area (Å²) in [7, 11) is 0. The number of aromatic amines is 1. The number of anilines is 1. The van der Waals surface area contributed by atoms with Crippen molar-refractivity contribution >= 4 is 22.8 Å². The van der Waals surface area contributed by atoms with E-state index >= 15 is 0 Å². The zero-order valence-electron chi connectivity index (χ0n) is 12.8. The Morgan fingerprint density at radius 3 is 2.72 bits per heavy atom. The molecule has 25 heavy (non-hydrogen) atoms. The number of nitrogens with one attached hydrogen (secondary N) is 2. The van der Waals surface area contributed by atoms with Crippen LogP contribution in [0, 0.1) is 0 Å². The number of para-hydroxylation sites is 1. The number of aryl methyl sites for hydroxylation is 1. The fourth-order valence-electron chi connectivity index (χ4n) is 3.08. The van der Waals surface area contributed by atoms with Crippen molar-refractivity contribution in [2.24, 2.45) is 0 Å². The number of hydrogen-bond donors (Lipinski definition) is 2. The topological polar surface area (TPSA) is 83.6 Å². The third-order valence-electron chi connectivity index (χ3n) is 4.13. The lowest BCUT2D eigenvalue weighted by atomic mass is 10.0. The number of amides is 1. The molecule has 0 saturated heterocycles. The molecule has 2 heterocycles. The number of pyridine rings is 1. The molecule has 1 amide bonds. The minimum Gasteiger partial charge on any atom is -0.289 e. The van der Waals surface area contributed by atoms with Crippen molar-refractivity contribution in [1.29, 1.82) is 0 Å².